The maximum atomic E-state index is 12.3. The minimum atomic E-state index is -4.02. The summed E-state index contributed by atoms with van der Waals surface area (Å²) >= 11 is 0. The third-order valence-electron chi connectivity index (χ3n) is 3.29. The van der Waals surface area contributed by atoms with Gasteiger partial charge in [-0.05, 0) is 25.5 Å². The number of sulfonamides is 1. The molecule has 1 saturated heterocycles. The zero-order valence-corrected chi connectivity index (χ0v) is 12.1. The van der Waals surface area contributed by atoms with Crippen molar-refractivity contribution in [2.24, 2.45) is 5.84 Å². The molecule has 2 rings (SSSR count). The van der Waals surface area contributed by atoms with Gasteiger partial charge in [0.1, 0.15) is 0 Å². The quantitative estimate of drug-likeness (QED) is 0.404. The summed E-state index contributed by atoms with van der Waals surface area (Å²) < 4.78 is 32.4. The van der Waals surface area contributed by atoms with E-state index in [1.54, 1.807) is 6.92 Å². The molecule has 0 bridgehead atoms. The number of nitrogens with zero attached hydrogens (tertiary/aromatic N) is 1. The average Bonchev–Trinajstić information content (AvgIpc) is 2.82. The lowest BCUT2D eigenvalue weighted by Gasteiger charge is -2.16. The van der Waals surface area contributed by atoms with Gasteiger partial charge < -0.3 is 10.2 Å². The van der Waals surface area contributed by atoms with Crippen LogP contribution in [-0.4, -0.2) is 32.1 Å². The first-order valence-corrected chi connectivity index (χ1v) is 7.72. The van der Waals surface area contributed by atoms with Gasteiger partial charge >= 0.3 is 0 Å². The second kappa shape index (κ2) is 5.93. The number of hydrogen-bond donors (Lipinski definition) is 3. The highest BCUT2D eigenvalue weighted by atomic mass is 32.2. The third kappa shape index (κ3) is 3.29. The number of hydrazine groups is 1. The van der Waals surface area contributed by atoms with Crippen LogP contribution in [0.2, 0.25) is 0 Å². The smallest absolute Gasteiger partial charge is 0.291 e. The topological polar surface area (TPSA) is 137 Å². The lowest BCUT2D eigenvalue weighted by molar-refractivity contribution is -0.387. The van der Waals surface area contributed by atoms with E-state index in [1.807, 2.05) is 0 Å². The first kappa shape index (κ1) is 15.6. The van der Waals surface area contributed by atoms with Crippen molar-refractivity contribution in [3.05, 3.63) is 28.3 Å². The Balaban J connectivity index is 2.37. The molecule has 1 fully saturated rings. The number of nitro benzene ring substituents is 1. The molecule has 9 nitrogen and oxygen atoms in total. The lowest BCUT2D eigenvalue weighted by Crippen LogP contribution is -2.39. The fourth-order valence-corrected chi connectivity index (χ4v) is 3.62. The molecular formula is C11H16N4O5S. The Morgan fingerprint density at radius 3 is 2.71 bits per heavy atom. The molecule has 0 spiro atoms. The van der Waals surface area contributed by atoms with E-state index in [0.717, 1.165) is 12.1 Å². The molecular weight excluding hydrogens is 300 g/mol. The van der Waals surface area contributed by atoms with Crippen LogP contribution in [0.25, 0.3) is 0 Å². The molecule has 0 saturated carbocycles. The highest BCUT2D eigenvalue weighted by Crippen LogP contribution is 2.28. The minimum absolute atomic E-state index is 0.248. The summed E-state index contributed by atoms with van der Waals surface area (Å²) in [5, 5.41) is 11.1. The van der Waals surface area contributed by atoms with Gasteiger partial charge in [0.05, 0.1) is 22.8 Å². The van der Waals surface area contributed by atoms with Crippen LogP contribution < -0.4 is 16.0 Å². The molecule has 21 heavy (non-hydrogen) atoms. The monoisotopic (exact) mass is 316 g/mol. The molecule has 1 aliphatic heterocycles. The van der Waals surface area contributed by atoms with Crippen LogP contribution in [0.1, 0.15) is 13.3 Å². The number of nitrogen functional groups attached to an aromatic ring is 1. The Kier molecular flexibility index (Phi) is 4.42. The standard InChI is InChI=1S/C11H16N4O5S/c1-7-9(4-5-20-7)14-21(18,19)11-3-2-8(13-12)6-10(11)15(16)17/h2-3,6-7,9,13-14H,4-5,12H2,1H3. The van der Waals surface area contributed by atoms with Gasteiger partial charge in [-0.1, -0.05) is 0 Å². The number of rotatable bonds is 5. The van der Waals surface area contributed by atoms with E-state index in [9.17, 15) is 18.5 Å². The number of ether oxygens (including phenoxy) is 1. The predicted molar refractivity (Wildman–Crippen MR) is 75.0 cm³/mol. The molecule has 4 N–H and O–H groups in total. The molecule has 1 heterocycles. The summed E-state index contributed by atoms with van der Waals surface area (Å²) in [4.78, 5) is 9.90. The number of nitro groups is 1. The van der Waals surface area contributed by atoms with Crippen LogP contribution in [0.5, 0.6) is 0 Å². The average molecular weight is 316 g/mol. The molecule has 2 unspecified atom stereocenters. The largest absolute Gasteiger partial charge is 0.377 e. The molecule has 1 aromatic carbocycles. The Bertz CT molecular complexity index is 648. The lowest BCUT2D eigenvalue weighted by atomic mass is 10.2. The van der Waals surface area contributed by atoms with E-state index >= 15 is 0 Å². The number of nitrogens with one attached hydrogen (secondary N) is 2. The van der Waals surface area contributed by atoms with Crippen LogP contribution in [0.15, 0.2) is 23.1 Å². The number of nitrogens with two attached hydrogens (primary N) is 1. The molecule has 0 radical (unpaired) electrons. The zero-order valence-electron chi connectivity index (χ0n) is 11.3. The second-order valence-electron chi connectivity index (χ2n) is 4.68. The van der Waals surface area contributed by atoms with Crippen molar-refractivity contribution in [2.45, 2.75) is 30.4 Å². The Morgan fingerprint density at radius 1 is 1.48 bits per heavy atom. The van der Waals surface area contributed by atoms with Crippen LogP contribution in [0.3, 0.4) is 0 Å². The second-order valence-corrected chi connectivity index (χ2v) is 6.36. The maximum Gasteiger partial charge on any atom is 0.291 e. The predicted octanol–water partition coefficient (Wildman–Crippen LogP) is 0.336. The summed E-state index contributed by atoms with van der Waals surface area (Å²) in [6.07, 6.45) is 0.250. The van der Waals surface area contributed by atoms with Crippen LogP contribution in [0.4, 0.5) is 11.4 Å². The molecule has 0 aromatic heterocycles. The SMILES string of the molecule is CC1OCCC1NS(=O)(=O)c1ccc(NN)cc1[N+](=O)[O-]. The molecule has 0 aliphatic carbocycles. The van der Waals surface area contributed by atoms with Gasteiger partial charge in [-0.25, -0.2) is 13.1 Å². The molecule has 1 aromatic rings. The van der Waals surface area contributed by atoms with Gasteiger partial charge in [-0.15, -0.1) is 0 Å². The van der Waals surface area contributed by atoms with Crippen LogP contribution in [0, 0.1) is 10.1 Å². The highest BCUT2D eigenvalue weighted by molar-refractivity contribution is 7.89. The first-order valence-electron chi connectivity index (χ1n) is 6.24. The van der Waals surface area contributed by atoms with E-state index in [-0.39, 0.29) is 11.8 Å². The fraction of sp³-hybridized carbons (Fsp3) is 0.455. The third-order valence-corrected chi connectivity index (χ3v) is 4.83. The molecule has 1 aliphatic rings. The first-order chi connectivity index (χ1) is 9.85. The Morgan fingerprint density at radius 2 is 2.19 bits per heavy atom. The molecule has 0 amide bonds. The summed E-state index contributed by atoms with van der Waals surface area (Å²) in [6.45, 7) is 2.20. The normalized spacial score (nSPS) is 22.2. The van der Waals surface area contributed by atoms with Crippen LogP contribution >= 0.6 is 0 Å². The highest BCUT2D eigenvalue weighted by Gasteiger charge is 2.32. The molecule has 116 valence electrons. The number of hydrogen-bond acceptors (Lipinski definition) is 7. The van der Waals surface area contributed by atoms with Crippen molar-refractivity contribution in [2.75, 3.05) is 12.0 Å². The minimum Gasteiger partial charge on any atom is -0.377 e. The van der Waals surface area contributed by atoms with Crippen molar-refractivity contribution in [1.29, 1.82) is 0 Å². The van der Waals surface area contributed by atoms with E-state index in [2.05, 4.69) is 10.1 Å². The fourth-order valence-electron chi connectivity index (χ4n) is 2.13. The van der Waals surface area contributed by atoms with E-state index < -0.39 is 31.6 Å². The summed E-state index contributed by atoms with van der Waals surface area (Å²) in [6, 6.07) is 3.18. The Labute approximate surface area is 121 Å². The van der Waals surface area contributed by atoms with Crippen molar-refractivity contribution >= 4 is 21.4 Å². The van der Waals surface area contributed by atoms with Crippen molar-refractivity contribution in [1.82, 2.24) is 4.72 Å². The summed E-state index contributed by atoms with van der Waals surface area (Å²) in [5.41, 5.74) is 1.95. The Hall–Kier alpha value is -1.75. The van der Waals surface area contributed by atoms with Gasteiger partial charge in [0.2, 0.25) is 10.0 Å². The van der Waals surface area contributed by atoms with Crippen molar-refractivity contribution in [3.63, 3.8) is 0 Å². The van der Waals surface area contributed by atoms with E-state index in [1.165, 1.54) is 6.07 Å². The van der Waals surface area contributed by atoms with Crippen molar-refractivity contribution in [3.8, 4) is 0 Å². The van der Waals surface area contributed by atoms with Gasteiger partial charge in [0.25, 0.3) is 5.69 Å². The zero-order chi connectivity index (χ0) is 15.6. The van der Waals surface area contributed by atoms with Crippen molar-refractivity contribution < 1.29 is 18.1 Å². The van der Waals surface area contributed by atoms with Gasteiger partial charge in [-0.3, -0.25) is 16.0 Å². The van der Waals surface area contributed by atoms with Gasteiger partial charge in [0, 0.05) is 12.7 Å². The van der Waals surface area contributed by atoms with E-state index in [0.29, 0.717) is 13.0 Å². The number of benzene rings is 1. The number of anilines is 1. The molecule has 2 atom stereocenters. The molecule has 10 heteroatoms. The van der Waals surface area contributed by atoms with E-state index in [4.69, 9.17) is 10.6 Å². The van der Waals surface area contributed by atoms with Gasteiger partial charge in [0.15, 0.2) is 4.90 Å². The summed E-state index contributed by atoms with van der Waals surface area (Å²) in [7, 11) is -4.02. The summed E-state index contributed by atoms with van der Waals surface area (Å²) in [5.74, 6) is 5.17. The maximum absolute atomic E-state index is 12.3. The van der Waals surface area contributed by atoms with Gasteiger partial charge in [-0.2, -0.15) is 0 Å². The van der Waals surface area contributed by atoms with Crippen LogP contribution in [-0.2, 0) is 14.8 Å².